The van der Waals surface area contributed by atoms with E-state index in [2.05, 4.69) is 12.2 Å². The largest absolute Gasteiger partial charge is 0.464 e. The number of nitrogens with two attached hydrogens (primary N) is 1. The number of amides is 1. The van der Waals surface area contributed by atoms with Gasteiger partial charge in [-0.15, -0.1) is 0 Å². The Bertz CT molecular complexity index is 321. The van der Waals surface area contributed by atoms with E-state index in [-0.39, 0.29) is 17.9 Å². The third-order valence-corrected chi connectivity index (χ3v) is 3.90. The summed E-state index contributed by atoms with van der Waals surface area (Å²) in [6.45, 7) is 2.61. The zero-order valence-electron chi connectivity index (χ0n) is 13.2. The predicted molar refractivity (Wildman–Crippen MR) is 82.7 cm³/mol. The lowest BCUT2D eigenvalue weighted by molar-refractivity contribution is -0.141. The fourth-order valence-electron chi connectivity index (χ4n) is 2.58. The maximum atomic E-state index is 11.8. The van der Waals surface area contributed by atoms with Crippen molar-refractivity contribution < 1.29 is 14.3 Å². The molecule has 0 spiro atoms. The molecule has 1 saturated heterocycles. The highest BCUT2D eigenvalue weighted by molar-refractivity contribution is 5.85. The Morgan fingerprint density at radius 1 is 1.29 bits per heavy atom. The zero-order valence-corrected chi connectivity index (χ0v) is 13.2. The summed E-state index contributed by atoms with van der Waals surface area (Å²) in [6.07, 6.45) is 10.5. The van der Waals surface area contributed by atoms with Crippen molar-refractivity contribution in [3.05, 3.63) is 0 Å². The molecule has 5 heteroatoms. The summed E-state index contributed by atoms with van der Waals surface area (Å²) >= 11 is 0. The van der Waals surface area contributed by atoms with Gasteiger partial charge in [0.15, 0.2) is 0 Å². The number of esters is 1. The van der Waals surface area contributed by atoms with Gasteiger partial charge < -0.3 is 15.8 Å². The van der Waals surface area contributed by atoms with Crippen LogP contribution in [0.15, 0.2) is 0 Å². The highest BCUT2D eigenvalue weighted by Crippen LogP contribution is 2.11. The van der Waals surface area contributed by atoms with E-state index in [0.29, 0.717) is 19.4 Å². The van der Waals surface area contributed by atoms with Gasteiger partial charge in [-0.2, -0.15) is 0 Å². The summed E-state index contributed by atoms with van der Waals surface area (Å²) in [7, 11) is 0. The monoisotopic (exact) mass is 298 g/mol. The standard InChI is InChI=1S/C16H30N2O3/c1-2-3-4-5-6-7-8-9-13(17)12-15(19)18-14-10-11-21-16(14)20/h13-14H,2-12,17H2,1H3,(H,18,19)/t13?,14-/m0/s1. The Labute approximate surface area is 128 Å². The van der Waals surface area contributed by atoms with Crippen LogP contribution in [0.3, 0.4) is 0 Å². The van der Waals surface area contributed by atoms with Crippen LogP contribution in [-0.2, 0) is 14.3 Å². The van der Waals surface area contributed by atoms with Gasteiger partial charge >= 0.3 is 5.97 Å². The molecule has 1 fully saturated rings. The van der Waals surface area contributed by atoms with Crippen LogP contribution >= 0.6 is 0 Å². The van der Waals surface area contributed by atoms with E-state index in [0.717, 1.165) is 12.8 Å². The molecule has 2 atom stereocenters. The van der Waals surface area contributed by atoms with Gasteiger partial charge in [0.2, 0.25) is 5.91 Å². The van der Waals surface area contributed by atoms with Crippen molar-refractivity contribution >= 4 is 11.9 Å². The quantitative estimate of drug-likeness (QED) is 0.453. The second kappa shape index (κ2) is 10.6. The fourth-order valence-corrected chi connectivity index (χ4v) is 2.58. The molecule has 1 aliphatic rings. The first-order valence-electron chi connectivity index (χ1n) is 8.35. The number of nitrogens with one attached hydrogen (secondary N) is 1. The van der Waals surface area contributed by atoms with Gasteiger partial charge in [0.25, 0.3) is 0 Å². The van der Waals surface area contributed by atoms with Crippen molar-refractivity contribution in [2.45, 2.75) is 83.2 Å². The van der Waals surface area contributed by atoms with Gasteiger partial charge in [-0.1, -0.05) is 51.9 Å². The Balaban J connectivity index is 2.00. The topological polar surface area (TPSA) is 81.4 Å². The summed E-state index contributed by atoms with van der Waals surface area (Å²) in [5, 5.41) is 2.69. The third kappa shape index (κ3) is 8.05. The van der Waals surface area contributed by atoms with E-state index < -0.39 is 6.04 Å². The van der Waals surface area contributed by atoms with Gasteiger partial charge in [-0.25, -0.2) is 4.79 Å². The summed E-state index contributed by atoms with van der Waals surface area (Å²) in [4.78, 5) is 23.0. The molecule has 3 N–H and O–H groups in total. The van der Waals surface area contributed by atoms with E-state index in [1.165, 1.54) is 38.5 Å². The van der Waals surface area contributed by atoms with Crippen LogP contribution in [0.5, 0.6) is 0 Å². The van der Waals surface area contributed by atoms with Crippen LogP contribution in [0.2, 0.25) is 0 Å². The molecule has 1 rings (SSSR count). The molecule has 1 heterocycles. The number of rotatable bonds is 11. The molecule has 0 aliphatic carbocycles. The van der Waals surface area contributed by atoms with Crippen LogP contribution in [0, 0.1) is 0 Å². The Morgan fingerprint density at radius 2 is 1.95 bits per heavy atom. The lowest BCUT2D eigenvalue weighted by Crippen LogP contribution is -2.40. The van der Waals surface area contributed by atoms with Crippen LogP contribution in [0.1, 0.15) is 71.1 Å². The van der Waals surface area contributed by atoms with E-state index in [1.807, 2.05) is 0 Å². The molecule has 0 aromatic heterocycles. The van der Waals surface area contributed by atoms with Crippen molar-refractivity contribution in [2.24, 2.45) is 5.73 Å². The van der Waals surface area contributed by atoms with Gasteiger partial charge in [0.1, 0.15) is 6.04 Å². The number of carbonyl (C=O) groups excluding carboxylic acids is 2. The minimum absolute atomic E-state index is 0.113. The van der Waals surface area contributed by atoms with Gasteiger partial charge in [-0.05, 0) is 6.42 Å². The summed E-state index contributed by atoms with van der Waals surface area (Å²) < 4.78 is 4.81. The Morgan fingerprint density at radius 3 is 2.57 bits per heavy atom. The number of carbonyl (C=O) groups is 2. The molecule has 0 bridgehead atoms. The molecule has 1 amide bonds. The first-order valence-corrected chi connectivity index (χ1v) is 8.35. The highest BCUT2D eigenvalue weighted by atomic mass is 16.5. The second-order valence-electron chi connectivity index (χ2n) is 5.95. The number of ether oxygens (including phenoxy) is 1. The van der Waals surface area contributed by atoms with Crippen molar-refractivity contribution in [3.8, 4) is 0 Å². The minimum atomic E-state index is -0.469. The molecule has 0 aromatic rings. The molecule has 5 nitrogen and oxygen atoms in total. The molecular weight excluding hydrogens is 268 g/mol. The molecule has 0 radical (unpaired) electrons. The van der Waals surface area contributed by atoms with Crippen molar-refractivity contribution in [3.63, 3.8) is 0 Å². The molecule has 1 aliphatic heterocycles. The smallest absolute Gasteiger partial charge is 0.328 e. The average Bonchev–Trinajstić information content (AvgIpc) is 2.83. The maximum absolute atomic E-state index is 11.8. The van der Waals surface area contributed by atoms with Gasteiger partial charge in [-0.3, -0.25) is 4.79 Å². The number of unbranched alkanes of at least 4 members (excludes halogenated alkanes) is 6. The van der Waals surface area contributed by atoms with Crippen molar-refractivity contribution in [1.82, 2.24) is 5.32 Å². The van der Waals surface area contributed by atoms with Crippen LogP contribution < -0.4 is 11.1 Å². The molecule has 122 valence electrons. The van der Waals surface area contributed by atoms with E-state index in [9.17, 15) is 9.59 Å². The Kier molecular flexibility index (Phi) is 9.06. The van der Waals surface area contributed by atoms with Crippen LogP contribution in [-0.4, -0.2) is 30.6 Å². The van der Waals surface area contributed by atoms with Crippen LogP contribution in [0.25, 0.3) is 0 Å². The number of hydrogen-bond donors (Lipinski definition) is 2. The summed E-state index contributed by atoms with van der Waals surface area (Å²) in [6, 6.07) is -0.582. The minimum Gasteiger partial charge on any atom is -0.464 e. The van der Waals surface area contributed by atoms with Crippen molar-refractivity contribution in [1.29, 1.82) is 0 Å². The average molecular weight is 298 g/mol. The van der Waals surface area contributed by atoms with E-state index in [1.54, 1.807) is 0 Å². The maximum Gasteiger partial charge on any atom is 0.328 e. The lowest BCUT2D eigenvalue weighted by Gasteiger charge is -2.13. The van der Waals surface area contributed by atoms with E-state index >= 15 is 0 Å². The number of cyclic esters (lactones) is 1. The SMILES string of the molecule is CCCCCCCCCC(N)CC(=O)N[C@H]1CCOC1=O. The lowest BCUT2D eigenvalue weighted by atomic mass is 10.0. The molecule has 0 saturated carbocycles. The molecule has 0 aromatic carbocycles. The van der Waals surface area contributed by atoms with Gasteiger partial charge in [0, 0.05) is 18.9 Å². The van der Waals surface area contributed by atoms with Gasteiger partial charge in [0.05, 0.1) is 6.61 Å². The van der Waals surface area contributed by atoms with Crippen molar-refractivity contribution in [2.75, 3.05) is 6.61 Å². The third-order valence-electron chi connectivity index (χ3n) is 3.90. The summed E-state index contributed by atoms with van der Waals surface area (Å²) in [5.74, 6) is -0.474. The highest BCUT2D eigenvalue weighted by Gasteiger charge is 2.28. The molecule has 1 unspecified atom stereocenters. The number of hydrogen-bond acceptors (Lipinski definition) is 4. The Hall–Kier alpha value is -1.10. The van der Waals surface area contributed by atoms with Crippen LogP contribution in [0.4, 0.5) is 0 Å². The first kappa shape index (κ1) is 18.0. The molecular formula is C16H30N2O3. The van der Waals surface area contributed by atoms with E-state index in [4.69, 9.17) is 10.5 Å². The summed E-state index contributed by atoms with van der Waals surface area (Å²) in [5.41, 5.74) is 5.97. The predicted octanol–water partition coefficient (Wildman–Crippen LogP) is 2.28. The second-order valence-corrected chi connectivity index (χ2v) is 5.95. The fraction of sp³-hybridized carbons (Fsp3) is 0.875. The normalized spacial score (nSPS) is 19.3. The zero-order chi connectivity index (χ0) is 15.5. The first-order chi connectivity index (χ1) is 10.1. The molecule has 21 heavy (non-hydrogen) atoms.